The first-order valence-electron chi connectivity index (χ1n) is 8.22. The fourth-order valence-electron chi connectivity index (χ4n) is 3.01. The number of phenolic OH excluding ortho intramolecular Hbond substituents is 2. The number of nitrogens with zero attached hydrogens (tertiary/aromatic N) is 2. The summed E-state index contributed by atoms with van der Waals surface area (Å²) in [7, 11) is -4.15. The molecule has 0 saturated heterocycles. The number of aromatic hydroxyl groups is 2. The Bertz CT molecular complexity index is 1350. The van der Waals surface area contributed by atoms with Crippen molar-refractivity contribution >= 4 is 20.9 Å². The van der Waals surface area contributed by atoms with E-state index < -0.39 is 27.0 Å². The number of rotatable bonds is 3. The van der Waals surface area contributed by atoms with Crippen molar-refractivity contribution in [2.45, 2.75) is 4.90 Å². The van der Waals surface area contributed by atoms with Crippen LogP contribution in [0.2, 0.25) is 0 Å². The van der Waals surface area contributed by atoms with Gasteiger partial charge < -0.3 is 10.2 Å². The molecule has 140 valence electrons. The molecule has 2 heterocycles. The molecule has 4 rings (SSSR count). The van der Waals surface area contributed by atoms with Crippen LogP contribution in [-0.2, 0) is 10.0 Å². The molecule has 0 aliphatic rings. The molecule has 7 nitrogen and oxygen atoms in total. The molecule has 0 aliphatic heterocycles. The zero-order valence-corrected chi connectivity index (χ0v) is 15.2. The quantitative estimate of drug-likeness (QED) is 0.517. The molecule has 0 bridgehead atoms. The monoisotopic (exact) mass is 394 g/mol. The minimum atomic E-state index is -4.15. The molecule has 0 fully saturated rings. The average Bonchev–Trinajstić information content (AvgIpc) is 2.70. The van der Waals surface area contributed by atoms with Crippen molar-refractivity contribution in [2.75, 3.05) is 0 Å². The zero-order chi connectivity index (χ0) is 19.9. The van der Waals surface area contributed by atoms with Crippen LogP contribution in [-0.4, -0.2) is 27.6 Å². The number of pyridine rings is 2. The van der Waals surface area contributed by atoms with Gasteiger partial charge in [0.15, 0.2) is 16.9 Å². The van der Waals surface area contributed by atoms with Crippen LogP contribution >= 0.6 is 0 Å². The summed E-state index contributed by atoms with van der Waals surface area (Å²) < 4.78 is 27.9. The van der Waals surface area contributed by atoms with Crippen LogP contribution < -0.4 is 5.43 Å². The van der Waals surface area contributed by atoms with E-state index >= 15 is 0 Å². The molecule has 0 atom stereocenters. The lowest BCUT2D eigenvalue weighted by Gasteiger charge is -2.18. The van der Waals surface area contributed by atoms with Crippen LogP contribution in [0.4, 0.5) is 0 Å². The highest BCUT2D eigenvalue weighted by Crippen LogP contribution is 2.33. The van der Waals surface area contributed by atoms with Crippen molar-refractivity contribution in [1.29, 1.82) is 0 Å². The summed E-state index contributed by atoms with van der Waals surface area (Å²) in [5, 5.41) is 19.7. The summed E-state index contributed by atoms with van der Waals surface area (Å²) >= 11 is 0. The number of hydrogen-bond acceptors (Lipinski definition) is 6. The first kappa shape index (κ1) is 17.7. The Labute approximate surface area is 159 Å². The topological polar surface area (TPSA) is 109 Å². The molecule has 0 saturated carbocycles. The zero-order valence-electron chi connectivity index (χ0n) is 14.4. The van der Waals surface area contributed by atoms with Gasteiger partial charge in [-0.25, -0.2) is 12.4 Å². The minimum Gasteiger partial charge on any atom is -0.504 e. The molecule has 2 aromatic heterocycles. The number of phenols is 2. The van der Waals surface area contributed by atoms with Crippen molar-refractivity contribution < 1.29 is 18.6 Å². The van der Waals surface area contributed by atoms with E-state index in [1.807, 2.05) is 0 Å². The average molecular weight is 394 g/mol. The summed E-state index contributed by atoms with van der Waals surface area (Å²) in [6.45, 7) is 0. The van der Waals surface area contributed by atoms with Gasteiger partial charge in [-0.3, -0.25) is 9.78 Å². The molecule has 2 N–H and O–H groups in total. The number of fused-ring (bicyclic) bond motifs is 1. The fraction of sp³-hybridized carbons (Fsp3) is 0. The maximum absolute atomic E-state index is 13.4. The van der Waals surface area contributed by atoms with Gasteiger partial charge in [-0.15, -0.1) is 0 Å². The standard InChI is InChI=1S/C20H14N2O5S/c23-18-11-16(13-4-2-1-3-5-13)22(17-12-20(25)19(24)10-15(17)18)28(26,27)14-6-8-21-9-7-14/h1-12,24-25H. The number of aromatic nitrogens is 2. The van der Waals surface area contributed by atoms with E-state index in [1.54, 1.807) is 30.3 Å². The van der Waals surface area contributed by atoms with Crippen molar-refractivity contribution in [2.24, 2.45) is 0 Å². The third-order valence-corrected chi connectivity index (χ3v) is 6.06. The van der Waals surface area contributed by atoms with E-state index in [9.17, 15) is 23.4 Å². The van der Waals surface area contributed by atoms with Crippen molar-refractivity contribution in [3.63, 3.8) is 0 Å². The van der Waals surface area contributed by atoms with Gasteiger partial charge in [0, 0.05) is 24.5 Å². The van der Waals surface area contributed by atoms with Gasteiger partial charge >= 0.3 is 0 Å². The summed E-state index contributed by atoms with van der Waals surface area (Å²) in [5.41, 5.74) is 0.121. The van der Waals surface area contributed by atoms with Crippen molar-refractivity contribution in [3.05, 3.63) is 83.3 Å². The van der Waals surface area contributed by atoms with Gasteiger partial charge in [0.2, 0.25) is 0 Å². The van der Waals surface area contributed by atoms with Gasteiger partial charge in [0.25, 0.3) is 10.0 Å². The Morgan fingerprint density at radius 3 is 2.18 bits per heavy atom. The van der Waals surface area contributed by atoms with Gasteiger partial charge in [0.1, 0.15) is 0 Å². The normalized spacial score (nSPS) is 11.6. The Hall–Kier alpha value is -3.65. The second-order valence-electron chi connectivity index (χ2n) is 6.07. The van der Waals surface area contributed by atoms with E-state index in [1.165, 1.54) is 30.6 Å². The molecular weight excluding hydrogens is 380 g/mol. The van der Waals surface area contributed by atoms with Crippen LogP contribution in [0.15, 0.2) is 82.7 Å². The summed E-state index contributed by atoms with van der Waals surface area (Å²) in [6, 6.07) is 14.6. The third-order valence-electron chi connectivity index (χ3n) is 4.32. The van der Waals surface area contributed by atoms with Gasteiger partial charge in [-0.1, -0.05) is 30.3 Å². The molecule has 2 aromatic carbocycles. The van der Waals surface area contributed by atoms with Crippen LogP contribution in [0.3, 0.4) is 0 Å². The molecule has 0 radical (unpaired) electrons. The van der Waals surface area contributed by atoms with Crippen molar-refractivity contribution in [1.82, 2.24) is 8.96 Å². The molecule has 4 aromatic rings. The largest absolute Gasteiger partial charge is 0.504 e. The highest BCUT2D eigenvalue weighted by molar-refractivity contribution is 7.90. The Morgan fingerprint density at radius 1 is 0.857 bits per heavy atom. The molecule has 0 aliphatic carbocycles. The Balaban J connectivity index is 2.20. The predicted octanol–water partition coefficient (Wildman–Crippen LogP) is 2.71. The first-order chi connectivity index (χ1) is 13.4. The molecule has 8 heteroatoms. The summed E-state index contributed by atoms with van der Waals surface area (Å²) in [4.78, 5) is 16.4. The van der Waals surface area contributed by atoms with E-state index in [0.29, 0.717) is 5.56 Å². The van der Waals surface area contributed by atoms with Gasteiger partial charge in [-0.2, -0.15) is 0 Å². The summed E-state index contributed by atoms with van der Waals surface area (Å²) in [6.07, 6.45) is 2.70. The van der Waals surface area contributed by atoms with Gasteiger partial charge in [0.05, 0.1) is 21.5 Å². The molecule has 28 heavy (non-hydrogen) atoms. The fourth-order valence-corrected chi connectivity index (χ4v) is 4.51. The lowest BCUT2D eigenvalue weighted by Crippen LogP contribution is -2.20. The van der Waals surface area contributed by atoms with E-state index in [-0.39, 0.29) is 21.5 Å². The van der Waals surface area contributed by atoms with E-state index in [2.05, 4.69) is 4.98 Å². The van der Waals surface area contributed by atoms with Crippen LogP contribution in [0, 0.1) is 0 Å². The van der Waals surface area contributed by atoms with Crippen LogP contribution in [0.25, 0.3) is 22.2 Å². The maximum atomic E-state index is 13.4. The molecule has 0 spiro atoms. The Morgan fingerprint density at radius 2 is 1.50 bits per heavy atom. The smallest absolute Gasteiger partial charge is 0.268 e. The molecular formula is C20H14N2O5S. The maximum Gasteiger partial charge on any atom is 0.268 e. The SMILES string of the molecule is O=c1cc(-c2ccccc2)n(S(=O)(=O)c2ccncc2)c2cc(O)c(O)cc12. The first-order valence-corrected chi connectivity index (χ1v) is 9.66. The highest BCUT2D eigenvalue weighted by Gasteiger charge is 2.24. The van der Waals surface area contributed by atoms with E-state index in [0.717, 1.165) is 16.1 Å². The third kappa shape index (κ3) is 2.80. The van der Waals surface area contributed by atoms with Crippen LogP contribution in [0.5, 0.6) is 11.5 Å². The molecule has 0 amide bonds. The number of benzene rings is 2. The second-order valence-corrected chi connectivity index (χ2v) is 7.86. The van der Waals surface area contributed by atoms with E-state index in [4.69, 9.17) is 0 Å². The number of hydrogen-bond donors (Lipinski definition) is 2. The molecule has 0 unspecified atom stereocenters. The minimum absolute atomic E-state index is 0.0304. The van der Waals surface area contributed by atoms with Crippen molar-refractivity contribution in [3.8, 4) is 22.8 Å². The predicted molar refractivity (Wildman–Crippen MR) is 104 cm³/mol. The Kier molecular flexibility index (Phi) is 4.12. The lowest BCUT2D eigenvalue weighted by atomic mass is 10.1. The lowest BCUT2D eigenvalue weighted by molar-refractivity contribution is 0.404. The van der Waals surface area contributed by atoms with Gasteiger partial charge in [-0.05, 0) is 23.8 Å². The van der Waals surface area contributed by atoms with Crippen LogP contribution in [0.1, 0.15) is 0 Å². The summed E-state index contributed by atoms with van der Waals surface area (Å²) in [5.74, 6) is -1.04. The highest BCUT2D eigenvalue weighted by atomic mass is 32.2. The second kappa shape index (κ2) is 6.50.